The van der Waals surface area contributed by atoms with Crippen LogP contribution in [-0.2, 0) is 4.79 Å². The Hall–Kier alpha value is -2.89. The van der Waals surface area contributed by atoms with E-state index in [1.165, 1.54) is 12.1 Å². The van der Waals surface area contributed by atoms with Crippen LogP contribution < -0.4 is 15.5 Å². The molecule has 1 heterocycles. The normalized spacial score (nSPS) is 16.7. The molecular weight excluding hydrogens is 333 g/mol. The van der Waals surface area contributed by atoms with Crippen LogP contribution in [-0.4, -0.2) is 25.0 Å². The second-order valence-electron chi connectivity index (χ2n) is 6.76. The predicted molar refractivity (Wildman–Crippen MR) is 99.8 cm³/mol. The first kappa shape index (κ1) is 17.9. The summed E-state index contributed by atoms with van der Waals surface area (Å²) in [5.74, 6) is -0.322. The number of nitrogens with one attached hydrogen (secondary N) is 2. The van der Waals surface area contributed by atoms with Crippen molar-refractivity contribution in [3.63, 3.8) is 0 Å². The summed E-state index contributed by atoms with van der Waals surface area (Å²) in [5.41, 5.74) is 3.59. The molecule has 0 bridgehead atoms. The molecule has 1 atom stereocenters. The Morgan fingerprint density at radius 2 is 1.81 bits per heavy atom. The second kappa shape index (κ2) is 7.56. The number of halogens is 1. The van der Waals surface area contributed by atoms with Crippen LogP contribution in [0.2, 0.25) is 0 Å². The van der Waals surface area contributed by atoms with Gasteiger partial charge in [-0.2, -0.15) is 0 Å². The Kier molecular flexibility index (Phi) is 5.21. The number of aryl methyl sites for hydroxylation is 2. The molecule has 5 nitrogen and oxygen atoms in total. The number of nitrogens with zero attached hydrogens (tertiary/aromatic N) is 1. The zero-order chi connectivity index (χ0) is 18.7. The van der Waals surface area contributed by atoms with Crippen molar-refractivity contribution in [1.29, 1.82) is 0 Å². The van der Waals surface area contributed by atoms with Crippen LogP contribution in [0.1, 0.15) is 17.5 Å². The number of anilines is 2. The van der Waals surface area contributed by atoms with Crippen LogP contribution in [0, 0.1) is 25.6 Å². The molecule has 2 aromatic rings. The highest BCUT2D eigenvalue weighted by Crippen LogP contribution is 2.25. The summed E-state index contributed by atoms with van der Waals surface area (Å²) in [4.78, 5) is 25.9. The monoisotopic (exact) mass is 355 g/mol. The molecule has 0 aliphatic carbocycles. The molecule has 1 fully saturated rings. The van der Waals surface area contributed by atoms with Crippen LogP contribution in [0.4, 0.5) is 20.6 Å². The Labute approximate surface area is 152 Å². The van der Waals surface area contributed by atoms with Crippen molar-refractivity contribution in [3.05, 3.63) is 59.4 Å². The molecule has 1 unspecified atom stereocenters. The first-order chi connectivity index (χ1) is 12.4. The van der Waals surface area contributed by atoms with Gasteiger partial charge in [0.25, 0.3) is 0 Å². The standard InChI is InChI=1S/C20H22FN3O2/c1-13-7-14(2)9-17(8-13)23-20(26)22-11-15-10-19(25)24(12-15)18-5-3-16(21)4-6-18/h3-9,15H,10-12H2,1-2H3,(H2,22,23,26). The van der Waals surface area contributed by atoms with Crippen LogP contribution in [0.5, 0.6) is 0 Å². The molecule has 136 valence electrons. The lowest BCUT2D eigenvalue weighted by Gasteiger charge is -2.17. The van der Waals surface area contributed by atoms with E-state index in [1.807, 2.05) is 32.0 Å². The highest BCUT2D eigenvalue weighted by Gasteiger charge is 2.30. The zero-order valence-corrected chi connectivity index (χ0v) is 14.9. The summed E-state index contributed by atoms with van der Waals surface area (Å²) in [6.45, 7) is 4.86. The maximum Gasteiger partial charge on any atom is 0.319 e. The minimum atomic E-state index is -0.332. The minimum Gasteiger partial charge on any atom is -0.338 e. The molecule has 1 aliphatic heterocycles. The molecule has 3 amide bonds. The number of hydrogen-bond donors (Lipinski definition) is 2. The van der Waals surface area contributed by atoms with Gasteiger partial charge in [-0.15, -0.1) is 0 Å². The lowest BCUT2D eigenvalue weighted by atomic mass is 10.1. The number of urea groups is 1. The molecule has 0 spiro atoms. The molecule has 0 saturated carbocycles. The maximum atomic E-state index is 13.0. The van der Waals surface area contributed by atoms with E-state index in [2.05, 4.69) is 10.6 Å². The summed E-state index contributed by atoms with van der Waals surface area (Å²) < 4.78 is 13.0. The highest BCUT2D eigenvalue weighted by molar-refractivity contribution is 5.96. The quantitative estimate of drug-likeness (QED) is 0.880. The van der Waals surface area contributed by atoms with Gasteiger partial charge in [-0.3, -0.25) is 4.79 Å². The van der Waals surface area contributed by atoms with E-state index in [-0.39, 0.29) is 23.7 Å². The number of hydrogen-bond acceptors (Lipinski definition) is 2. The van der Waals surface area contributed by atoms with Gasteiger partial charge in [0.15, 0.2) is 0 Å². The predicted octanol–water partition coefficient (Wildman–Crippen LogP) is 3.62. The first-order valence-corrected chi connectivity index (χ1v) is 8.60. The lowest BCUT2D eigenvalue weighted by Crippen LogP contribution is -2.34. The molecule has 1 aliphatic rings. The third-order valence-corrected chi connectivity index (χ3v) is 4.37. The lowest BCUT2D eigenvalue weighted by molar-refractivity contribution is -0.117. The number of carbonyl (C=O) groups is 2. The summed E-state index contributed by atoms with van der Waals surface area (Å²) in [5, 5.41) is 5.64. The van der Waals surface area contributed by atoms with Crippen LogP contribution in [0.25, 0.3) is 0 Å². The largest absolute Gasteiger partial charge is 0.338 e. The molecule has 2 N–H and O–H groups in total. The third kappa shape index (κ3) is 4.39. The Morgan fingerprint density at radius 3 is 2.46 bits per heavy atom. The molecule has 0 radical (unpaired) electrons. The van der Waals surface area contributed by atoms with E-state index < -0.39 is 0 Å². The van der Waals surface area contributed by atoms with E-state index in [9.17, 15) is 14.0 Å². The fourth-order valence-corrected chi connectivity index (χ4v) is 3.25. The van der Waals surface area contributed by atoms with Crippen LogP contribution in [0.3, 0.4) is 0 Å². The van der Waals surface area contributed by atoms with Crippen LogP contribution >= 0.6 is 0 Å². The summed E-state index contributed by atoms with van der Waals surface area (Å²) in [7, 11) is 0. The van der Waals surface area contributed by atoms with Crippen molar-refractivity contribution in [2.45, 2.75) is 20.3 Å². The first-order valence-electron chi connectivity index (χ1n) is 8.60. The zero-order valence-electron chi connectivity index (χ0n) is 14.9. The molecular formula is C20H22FN3O2. The van der Waals surface area contributed by atoms with E-state index in [1.54, 1.807) is 17.0 Å². The number of benzene rings is 2. The highest BCUT2D eigenvalue weighted by atomic mass is 19.1. The smallest absolute Gasteiger partial charge is 0.319 e. The van der Waals surface area contributed by atoms with Crippen molar-refractivity contribution in [3.8, 4) is 0 Å². The van der Waals surface area contributed by atoms with E-state index in [4.69, 9.17) is 0 Å². The summed E-state index contributed by atoms with van der Waals surface area (Å²) in [6.07, 6.45) is 0.362. The maximum absolute atomic E-state index is 13.0. The van der Waals surface area contributed by atoms with Crippen molar-refractivity contribution >= 4 is 23.3 Å². The van der Waals surface area contributed by atoms with Crippen molar-refractivity contribution in [2.24, 2.45) is 5.92 Å². The van der Waals surface area contributed by atoms with Crippen LogP contribution in [0.15, 0.2) is 42.5 Å². The Morgan fingerprint density at radius 1 is 1.15 bits per heavy atom. The van der Waals surface area contributed by atoms with Gasteiger partial charge in [0.05, 0.1) is 0 Å². The van der Waals surface area contributed by atoms with E-state index in [0.29, 0.717) is 25.2 Å². The molecule has 3 rings (SSSR count). The van der Waals surface area contributed by atoms with Crippen molar-refractivity contribution in [2.75, 3.05) is 23.3 Å². The molecule has 2 aromatic carbocycles. The average Bonchev–Trinajstić information content (AvgIpc) is 2.94. The number of amides is 3. The number of rotatable bonds is 4. The molecule has 0 aromatic heterocycles. The minimum absolute atomic E-state index is 0.0156. The number of carbonyl (C=O) groups excluding carboxylic acids is 2. The fourth-order valence-electron chi connectivity index (χ4n) is 3.25. The van der Waals surface area contributed by atoms with Crippen molar-refractivity contribution in [1.82, 2.24) is 5.32 Å². The Bertz CT molecular complexity index is 800. The van der Waals surface area contributed by atoms with Crippen molar-refractivity contribution < 1.29 is 14.0 Å². The van der Waals surface area contributed by atoms with Gasteiger partial charge < -0.3 is 15.5 Å². The Balaban J connectivity index is 1.52. The van der Waals surface area contributed by atoms with Gasteiger partial charge in [-0.05, 0) is 61.4 Å². The molecule has 1 saturated heterocycles. The van der Waals surface area contributed by atoms with Gasteiger partial charge in [0, 0.05) is 36.8 Å². The van der Waals surface area contributed by atoms with Gasteiger partial charge in [0.2, 0.25) is 5.91 Å². The van der Waals surface area contributed by atoms with Gasteiger partial charge in [-0.1, -0.05) is 6.07 Å². The summed E-state index contributed by atoms with van der Waals surface area (Å²) in [6, 6.07) is 11.4. The second-order valence-corrected chi connectivity index (χ2v) is 6.76. The van der Waals surface area contributed by atoms with E-state index >= 15 is 0 Å². The fraction of sp³-hybridized carbons (Fsp3) is 0.300. The average molecular weight is 355 g/mol. The van der Waals surface area contributed by atoms with Gasteiger partial charge in [0.1, 0.15) is 5.82 Å². The molecule has 26 heavy (non-hydrogen) atoms. The van der Waals surface area contributed by atoms with E-state index in [0.717, 1.165) is 16.8 Å². The van der Waals surface area contributed by atoms with Gasteiger partial charge in [-0.25, -0.2) is 9.18 Å². The molecule has 6 heteroatoms. The topological polar surface area (TPSA) is 61.4 Å². The third-order valence-electron chi connectivity index (χ3n) is 4.37. The SMILES string of the molecule is Cc1cc(C)cc(NC(=O)NCC2CC(=O)N(c3ccc(F)cc3)C2)c1. The van der Waals surface area contributed by atoms with Gasteiger partial charge >= 0.3 is 6.03 Å². The summed E-state index contributed by atoms with van der Waals surface area (Å²) >= 11 is 0.